The molecule has 0 fully saturated rings. The topological polar surface area (TPSA) is 92.6 Å². The van der Waals surface area contributed by atoms with Gasteiger partial charge in [0.1, 0.15) is 4.90 Å². The smallest absolute Gasteiger partial charge is 0.242 e. The Labute approximate surface area is 172 Å². The fraction of sp³-hybridized carbons (Fsp3) is 0.222. The Morgan fingerprint density at radius 1 is 1.21 bits per heavy atom. The van der Waals surface area contributed by atoms with Crippen molar-refractivity contribution in [3.05, 3.63) is 58.0 Å². The van der Waals surface area contributed by atoms with Gasteiger partial charge < -0.3 is 9.72 Å². The number of sulfonamides is 1. The molecule has 0 radical (unpaired) electrons. The second kappa shape index (κ2) is 8.08. The van der Waals surface area contributed by atoms with Gasteiger partial charge in [-0.1, -0.05) is 30.1 Å². The Morgan fingerprint density at radius 2 is 1.96 bits per heavy atom. The van der Waals surface area contributed by atoms with Crippen LogP contribution in [0, 0.1) is 0 Å². The third-order valence-corrected chi connectivity index (χ3v) is 6.10. The lowest BCUT2D eigenvalue weighted by Crippen LogP contribution is -2.21. The van der Waals surface area contributed by atoms with E-state index in [1.54, 1.807) is 41.9 Å². The van der Waals surface area contributed by atoms with Gasteiger partial charge in [0, 0.05) is 24.4 Å². The van der Waals surface area contributed by atoms with Crippen LogP contribution >= 0.6 is 23.2 Å². The number of carbonyl (C=O) groups excluding carboxylic acids is 1. The maximum absolute atomic E-state index is 12.4. The molecule has 2 N–H and O–H groups in total. The fourth-order valence-corrected chi connectivity index (χ4v) is 4.18. The van der Waals surface area contributed by atoms with E-state index < -0.39 is 10.0 Å². The zero-order valence-corrected chi connectivity index (χ0v) is 17.5. The number of halogens is 2. The molecule has 0 unspecified atom stereocenters. The summed E-state index contributed by atoms with van der Waals surface area (Å²) in [4.78, 5) is 16.4. The molecule has 3 aromatic rings. The van der Waals surface area contributed by atoms with Gasteiger partial charge in [-0.3, -0.25) is 4.79 Å². The Bertz CT molecular complexity index is 1160. The van der Waals surface area contributed by atoms with Crippen molar-refractivity contribution in [1.82, 2.24) is 14.1 Å². The summed E-state index contributed by atoms with van der Waals surface area (Å²) < 4.78 is 28.8. The van der Waals surface area contributed by atoms with Gasteiger partial charge in [0.2, 0.25) is 10.0 Å². The zero-order valence-electron chi connectivity index (χ0n) is 15.2. The number of hydrogen-bond acceptors (Lipinski definition) is 5. The number of fused-ring (bicyclic) bond motifs is 1. The van der Waals surface area contributed by atoms with Crippen molar-refractivity contribution in [2.45, 2.75) is 24.8 Å². The summed E-state index contributed by atoms with van der Waals surface area (Å²) in [6.45, 7) is 1.98. The number of aromatic nitrogens is 2. The molecule has 0 amide bonds. The van der Waals surface area contributed by atoms with E-state index in [4.69, 9.17) is 23.2 Å². The van der Waals surface area contributed by atoms with Crippen LogP contribution in [0.25, 0.3) is 5.65 Å². The van der Waals surface area contributed by atoms with Gasteiger partial charge in [-0.2, -0.15) is 0 Å². The average molecular weight is 441 g/mol. The minimum absolute atomic E-state index is 0.000795. The molecule has 0 bridgehead atoms. The predicted octanol–water partition coefficient (Wildman–Crippen LogP) is 3.75. The predicted molar refractivity (Wildman–Crippen MR) is 110 cm³/mol. The SMILES string of the molecule is CCC(=O)c1ccc(NCc2cn3cc(Cl)cc(Cl)c3n2)c(S(=O)(=O)NC)c1. The molecule has 28 heavy (non-hydrogen) atoms. The van der Waals surface area contributed by atoms with E-state index in [9.17, 15) is 13.2 Å². The van der Waals surface area contributed by atoms with E-state index in [1.807, 2.05) is 0 Å². The minimum atomic E-state index is -3.76. The number of pyridine rings is 1. The molecule has 0 aliphatic carbocycles. The van der Waals surface area contributed by atoms with E-state index in [-0.39, 0.29) is 23.6 Å². The van der Waals surface area contributed by atoms with Crippen LogP contribution in [-0.2, 0) is 16.6 Å². The first-order valence-electron chi connectivity index (χ1n) is 8.42. The number of rotatable bonds is 7. The molecule has 148 valence electrons. The van der Waals surface area contributed by atoms with Gasteiger partial charge in [0.05, 0.1) is 28.0 Å². The average Bonchev–Trinajstić information content (AvgIpc) is 3.08. The van der Waals surface area contributed by atoms with E-state index in [2.05, 4.69) is 15.0 Å². The number of Topliss-reactive ketones (excluding diaryl/α,β-unsaturated/α-hetero) is 1. The monoisotopic (exact) mass is 440 g/mol. The summed E-state index contributed by atoms with van der Waals surface area (Å²) in [5.74, 6) is -0.133. The van der Waals surface area contributed by atoms with Crippen molar-refractivity contribution >= 4 is 50.3 Å². The summed E-state index contributed by atoms with van der Waals surface area (Å²) in [6, 6.07) is 6.15. The molecule has 1 aromatic carbocycles. The number of anilines is 1. The van der Waals surface area contributed by atoms with E-state index in [0.29, 0.717) is 32.6 Å². The van der Waals surface area contributed by atoms with E-state index >= 15 is 0 Å². The Morgan fingerprint density at radius 3 is 2.64 bits per heavy atom. The first kappa shape index (κ1) is 20.6. The minimum Gasteiger partial charge on any atom is -0.378 e. The summed E-state index contributed by atoms with van der Waals surface area (Å²) in [6.07, 6.45) is 3.72. The first-order valence-corrected chi connectivity index (χ1v) is 10.7. The molecular formula is C18H18Cl2N4O3S. The van der Waals surface area contributed by atoms with Crippen molar-refractivity contribution in [3.8, 4) is 0 Å². The van der Waals surface area contributed by atoms with Crippen molar-refractivity contribution in [2.24, 2.45) is 0 Å². The summed E-state index contributed by atoms with van der Waals surface area (Å²) in [5, 5.41) is 3.96. The van der Waals surface area contributed by atoms with Crippen molar-refractivity contribution < 1.29 is 13.2 Å². The summed E-state index contributed by atoms with van der Waals surface area (Å²) >= 11 is 12.1. The maximum Gasteiger partial charge on any atom is 0.242 e. The molecule has 2 heterocycles. The van der Waals surface area contributed by atoms with Gasteiger partial charge >= 0.3 is 0 Å². The number of imidazole rings is 1. The number of ketones is 1. The second-order valence-electron chi connectivity index (χ2n) is 6.02. The molecule has 0 aliphatic heterocycles. The standard InChI is InChI=1S/C18H18Cl2N4O3S/c1-3-16(25)11-4-5-15(17(6-11)28(26,27)21-2)22-8-13-10-24-9-12(19)7-14(20)18(24)23-13/h4-7,9-10,21-22H,3,8H2,1-2H3. The third kappa shape index (κ3) is 4.15. The molecule has 3 rings (SSSR count). The van der Waals surface area contributed by atoms with Crippen molar-refractivity contribution in [1.29, 1.82) is 0 Å². The van der Waals surface area contributed by atoms with Crippen LogP contribution in [0.1, 0.15) is 29.4 Å². The summed E-state index contributed by atoms with van der Waals surface area (Å²) in [5.41, 5.74) is 1.90. The van der Waals surface area contributed by atoms with Crippen LogP contribution in [0.4, 0.5) is 5.69 Å². The Balaban J connectivity index is 1.93. The van der Waals surface area contributed by atoms with Gasteiger partial charge in [-0.05, 0) is 31.3 Å². The molecule has 10 heteroatoms. The largest absolute Gasteiger partial charge is 0.378 e. The summed E-state index contributed by atoms with van der Waals surface area (Å²) in [7, 11) is -2.44. The number of benzene rings is 1. The lowest BCUT2D eigenvalue weighted by Gasteiger charge is -2.13. The van der Waals surface area contributed by atoms with Crippen molar-refractivity contribution in [3.63, 3.8) is 0 Å². The molecule has 0 spiro atoms. The molecule has 0 saturated heterocycles. The van der Waals surface area contributed by atoms with E-state index in [1.165, 1.54) is 13.1 Å². The Hall–Kier alpha value is -2.13. The van der Waals surface area contributed by atoms with Crippen LogP contribution in [0.2, 0.25) is 10.0 Å². The highest BCUT2D eigenvalue weighted by Gasteiger charge is 2.19. The van der Waals surface area contributed by atoms with Gasteiger partial charge in [-0.15, -0.1) is 0 Å². The number of nitrogens with zero attached hydrogens (tertiary/aromatic N) is 2. The lowest BCUT2D eigenvalue weighted by atomic mass is 10.1. The molecule has 0 atom stereocenters. The quantitative estimate of drug-likeness (QED) is 0.545. The zero-order chi connectivity index (χ0) is 20.5. The van der Waals surface area contributed by atoms with Crippen molar-refractivity contribution in [2.75, 3.05) is 12.4 Å². The molecule has 0 saturated carbocycles. The molecule has 0 aliphatic rings. The fourth-order valence-electron chi connectivity index (χ4n) is 2.72. The highest BCUT2D eigenvalue weighted by atomic mass is 35.5. The van der Waals surface area contributed by atoms with Gasteiger partial charge in [0.15, 0.2) is 11.4 Å². The van der Waals surface area contributed by atoms with Crippen LogP contribution in [0.15, 0.2) is 41.6 Å². The first-order chi connectivity index (χ1) is 13.2. The van der Waals surface area contributed by atoms with Crippen LogP contribution in [0.5, 0.6) is 0 Å². The van der Waals surface area contributed by atoms with Gasteiger partial charge in [-0.25, -0.2) is 18.1 Å². The molecular weight excluding hydrogens is 423 g/mol. The highest BCUT2D eigenvalue weighted by Crippen LogP contribution is 2.25. The molecule has 2 aromatic heterocycles. The lowest BCUT2D eigenvalue weighted by molar-refractivity contribution is 0.0988. The highest BCUT2D eigenvalue weighted by molar-refractivity contribution is 7.89. The third-order valence-electron chi connectivity index (χ3n) is 4.17. The Kier molecular flexibility index (Phi) is 5.95. The van der Waals surface area contributed by atoms with Crippen LogP contribution in [-0.4, -0.2) is 30.6 Å². The number of nitrogens with one attached hydrogen (secondary N) is 2. The van der Waals surface area contributed by atoms with Crippen LogP contribution in [0.3, 0.4) is 0 Å². The second-order valence-corrected chi connectivity index (χ2v) is 8.72. The normalized spacial score (nSPS) is 11.7. The molecule has 7 nitrogen and oxygen atoms in total. The van der Waals surface area contributed by atoms with Gasteiger partial charge in [0.25, 0.3) is 0 Å². The van der Waals surface area contributed by atoms with E-state index in [0.717, 1.165) is 0 Å². The van der Waals surface area contributed by atoms with Crippen LogP contribution < -0.4 is 10.0 Å². The number of hydrogen-bond donors (Lipinski definition) is 2. The maximum atomic E-state index is 12.4. The number of carbonyl (C=O) groups is 1.